The summed E-state index contributed by atoms with van der Waals surface area (Å²) >= 11 is 0. The van der Waals surface area contributed by atoms with Crippen LogP contribution in [0.4, 0.5) is 11.4 Å². The molecule has 1 aromatic rings. The summed E-state index contributed by atoms with van der Waals surface area (Å²) in [4.78, 5) is 0. The second-order valence-corrected chi connectivity index (χ2v) is 3.85. The summed E-state index contributed by atoms with van der Waals surface area (Å²) in [6.45, 7) is 1.83. The molecule has 1 heterocycles. The van der Waals surface area contributed by atoms with Crippen LogP contribution < -0.4 is 10.6 Å². The van der Waals surface area contributed by atoms with Gasteiger partial charge in [0.2, 0.25) is 0 Å². The quantitative estimate of drug-likeness (QED) is 0.793. The first-order chi connectivity index (χ1) is 7.38. The Morgan fingerprint density at radius 1 is 1.40 bits per heavy atom. The molecule has 2 N–H and O–H groups in total. The number of hydrogen-bond donors (Lipinski definition) is 2. The number of ether oxygens (including phenoxy) is 1. The fourth-order valence-corrected chi connectivity index (χ4v) is 1.82. The van der Waals surface area contributed by atoms with Crippen LogP contribution in [0.5, 0.6) is 0 Å². The lowest BCUT2D eigenvalue weighted by molar-refractivity contribution is 0.120. The van der Waals surface area contributed by atoms with Crippen LogP contribution in [0.2, 0.25) is 0 Å². The lowest BCUT2D eigenvalue weighted by atomic mass is 10.2. The number of rotatable bonds is 4. The van der Waals surface area contributed by atoms with Gasteiger partial charge < -0.3 is 15.4 Å². The molecule has 0 bridgehead atoms. The average Bonchev–Trinajstić information content (AvgIpc) is 2.79. The molecule has 0 aromatic heterocycles. The van der Waals surface area contributed by atoms with E-state index in [9.17, 15) is 0 Å². The van der Waals surface area contributed by atoms with E-state index in [0.29, 0.717) is 6.10 Å². The second-order valence-electron chi connectivity index (χ2n) is 3.85. The van der Waals surface area contributed by atoms with Crippen molar-refractivity contribution in [2.24, 2.45) is 0 Å². The Bertz CT molecular complexity index is 308. The molecule has 1 aliphatic heterocycles. The molecule has 1 aromatic carbocycles. The van der Waals surface area contributed by atoms with E-state index < -0.39 is 0 Å². The lowest BCUT2D eigenvalue weighted by Crippen LogP contribution is -2.18. The highest BCUT2D eigenvalue weighted by Gasteiger charge is 2.14. The van der Waals surface area contributed by atoms with Crippen molar-refractivity contribution in [3.63, 3.8) is 0 Å². The smallest absolute Gasteiger partial charge is 0.0748 e. The van der Waals surface area contributed by atoms with Gasteiger partial charge in [-0.05, 0) is 31.0 Å². The summed E-state index contributed by atoms with van der Waals surface area (Å²) in [5.41, 5.74) is 2.28. The first-order valence-corrected chi connectivity index (χ1v) is 5.52. The van der Waals surface area contributed by atoms with Gasteiger partial charge in [0.1, 0.15) is 0 Å². The van der Waals surface area contributed by atoms with Gasteiger partial charge in [-0.25, -0.2) is 0 Å². The lowest BCUT2D eigenvalue weighted by Gasteiger charge is -2.12. The van der Waals surface area contributed by atoms with E-state index in [4.69, 9.17) is 4.74 Å². The van der Waals surface area contributed by atoms with Gasteiger partial charge >= 0.3 is 0 Å². The van der Waals surface area contributed by atoms with E-state index in [2.05, 4.69) is 28.8 Å². The Hall–Kier alpha value is -1.22. The van der Waals surface area contributed by atoms with Crippen molar-refractivity contribution >= 4 is 11.4 Å². The molecule has 1 fully saturated rings. The predicted octanol–water partition coefficient (Wildman–Crippen LogP) is 2.32. The van der Waals surface area contributed by atoms with Gasteiger partial charge in [-0.15, -0.1) is 0 Å². The van der Waals surface area contributed by atoms with Crippen molar-refractivity contribution in [2.45, 2.75) is 18.9 Å². The van der Waals surface area contributed by atoms with Crippen LogP contribution >= 0.6 is 0 Å². The van der Waals surface area contributed by atoms with Gasteiger partial charge in [0.05, 0.1) is 6.10 Å². The second kappa shape index (κ2) is 5.03. The molecule has 1 saturated heterocycles. The summed E-state index contributed by atoms with van der Waals surface area (Å²) in [7, 11) is 1.93. The summed E-state index contributed by atoms with van der Waals surface area (Å²) in [6.07, 6.45) is 2.77. The van der Waals surface area contributed by atoms with Gasteiger partial charge in [0, 0.05) is 31.6 Å². The molecule has 2 rings (SSSR count). The van der Waals surface area contributed by atoms with Crippen molar-refractivity contribution in [3.05, 3.63) is 24.3 Å². The summed E-state index contributed by atoms with van der Waals surface area (Å²) < 4.78 is 5.55. The van der Waals surface area contributed by atoms with Crippen LogP contribution in [0.15, 0.2) is 24.3 Å². The number of hydrogen-bond acceptors (Lipinski definition) is 3. The number of anilines is 2. The maximum absolute atomic E-state index is 5.55. The molecule has 3 heteroatoms. The van der Waals surface area contributed by atoms with Crippen molar-refractivity contribution in [1.82, 2.24) is 0 Å². The Morgan fingerprint density at radius 3 is 3.00 bits per heavy atom. The Kier molecular flexibility index (Phi) is 3.45. The van der Waals surface area contributed by atoms with Gasteiger partial charge in [-0.3, -0.25) is 0 Å². The van der Waals surface area contributed by atoms with Crippen molar-refractivity contribution in [2.75, 3.05) is 30.8 Å². The molecular formula is C12H18N2O. The molecule has 1 unspecified atom stereocenters. The Labute approximate surface area is 90.8 Å². The van der Waals surface area contributed by atoms with Crippen LogP contribution in [0.3, 0.4) is 0 Å². The zero-order chi connectivity index (χ0) is 10.5. The summed E-state index contributed by atoms with van der Waals surface area (Å²) in [5, 5.41) is 6.52. The third kappa shape index (κ3) is 2.86. The van der Waals surface area contributed by atoms with Crippen LogP contribution in [0.1, 0.15) is 12.8 Å². The molecule has 0 spiro atoms. The van der Waals surface area contributed by atoms with Crippen LogP contribution in [-0.2, 0) is 4.74 Å². The molecule has 1 atom stereocenters. The van der Waals surface area contributed by atoms with E-state index in [1.165, 1.54) is 12.8 Å². The Morgan fingerprint density at radius 2 is 2.27 bits per heavy atom. The summed E-state index contributed by atoms with van der Waals surface area (Å²) in [6, 6.07) is 8.28. The topological polar surface area (TPSA) is 33.3 Å². The minimum atomic E-state index is 0.392. The zero-order valence-electron chi connectivity index (χ0n) is 9.12. The molecule has 0 saturated carbocycles. The third-order valence-corrected chi connectivity index (χ3v) is 2.71. The molecule has 0 aliphatic carbocycles. The summed E-state index contributed by atoms with van der Waals surface area (Å²) in [5.74, 6) is 0. The standard InChI is InChI=1S/C12H18N2O/c1-13-10-4-2-5-11(8-10)14-9-12-6-3-7-15-12/h2,4-5,8,12-14H,3,6-7,9H2,1H3. The Balaban J connectivity index is 1.86. The molecule has 0 radical (unpaired) electrons. The van der Waals surface area contributed by atoms with E-state index in [1.807, 2.05) is 13.1 Å². The highest BCUT2D eigenvalue weighted by molar-refractivity contribution is 5.56. The van der Waals surface area contributed by atoms with Crippen LogP contribution in [0, 0.1) is 0 Å². The zero-order valence-corrected chi connectivity index (χ0v) is 9.12. The third-order valence-electron chi connectivity index (χ3n) is 2.71. The van der Waals surface area contributed by atoms with E-state index >= 15 is 0 Å². The van der Waals surface area contributed by atoms with E-state index in [1.54, 1.807) is 0 Å². The van der Waals surface area contributed by atoms with E-state index in [0.717, 1.165) is 24.5 Å². The minimum absolute atomic E-state index is 0.392. The predicted molar refractivity (Wildman–Crippen MR) is 63.5 cm³/mol. The van der Waals surface area contributed by atoms with Gasteiger partial charge in [0.15, 0.2) is 0 Å². The largest absolute Gasteiger partial charge is 0.388 e. The van der Waals surface area contributed by atoms with Crippen molar-refractivity contribution < 1.29 is 4.74 Å². The van der Waals surface area contributed by atoms with Gasteiger partial charge in [0.25, 0.3) is 0 Å². The minimum Gasteiger partial charge on any atom is -0.388 e. The molecule has 3 nitrogen and oxygen atoms in total. The van der Waals surface area contributed by atoms with Crippen LogP contribution in [-0.4, -0.2) is 26.3 Å². The van der Waals surface area contributed by atoms with Crippen molar-refractivity contribution in [3.8, 4) is 0 Å². The average molecular weight is 206 g/mol. The monoisotopic (exact) mass is 206 g/mol. The highest BCUT2D eigenvalue weighted by atomic mass is 16.5. The molecule has 82 valence electrons. The normalized spacial score (nSPS) is 20.2. The van der Waals surface area contributed by atoms with Gasteiger partial charge in [-0.1, -0.05) is 6.07 Å². The van der Waals surface area contributed by atoms with Crippen molar-refractivity contribution in [1.29, 1.82) is 0 Å². The highest BCUT2D eigenvalue weighted by Crippen LogP contribution is 2.16. The van der Waals surface area contributed by atoms with Crippen LogP contribution in [0.25, 0.3) is 0 Å². The first kappa shape index (κ1) is 10.3. The van der Waals surface area contributed by atoms with Gasteiger partial charge in [-0.2, -0.15) is 0 Å². The molecule has 1 aliphatic rings. The fourth-order valence-electron chi connectivity index (χ4n) is 1.82. The molecular weight excluding hydrogens is 188 g/mol. The molecule has 0 amide bonds. The van der Waals surface area contributed by atoms with E-state index in [-0.39, 0.29) is 0 Å². The SMILES string of the molecule is CNc1cccc(NCC2CCCO2)c1. The fraction of sp³-hybridized carbons (Fsp3) is 0.500. The number of nitrogens with one attached hydrogen (secondary N) is 2. The first-order valence-electron chi connectivity index (χ1n) is 5.52. The maximum atomic E-state index is 5.55. The maximum Gasteiger partial charge on any atom is 0.0748 e. The molecule has 15 heavy (non-hydrogen) atoms. The number of benzene rings is 1.